The van der Waals surface area contributed by atoms with Gasteiger partial charge in [-0.25, -0.2) is 9.78 Å². The number of aromatic nitrogens is 4. The van der Waals surface area contributed by atoms with Crippen molar-refractivity contribution in [3.63, 3.8) is 0 Å². The average Bonchev–Trinajstić information content (AvgIpc) is 2.98. The highest BCUT2D eigenvalue weighted by atomic mass is 16.2. The Kier molecular flexibility index (Phi) is 4.03. The third kappa shape index (κ3) is 2.86. The lowest BCUT2D eigenvalue weighted by atomic mass is 10.1. The lowest BCUT2D eigenvalue weighted by Gasteiger charge is -2.10. The van der Waals surface area contributed by atoms with E-state index < -0.39 is 11.2 Å². The summed E-state index contributed by atoms with van der Waals surface area (Å²) in [7, 11) is 2.94. The van der Waals surface area contributed by atoms with E-state index in [1.165, 1.54) is 29.6 Å². The minimum Gasteiger partial charge on any atom is -0.324 e. The molecule has 3 rings (SSSR count). The molecule has 1 aromatic carbocycles. The van der Waals surface area contributed by atoms with Crippen molar-refractivity contribution in [1.29, 1.82) is 0 Å². The van der Waals surface area contributed by atoms with Gasteiger partial charge in [0.2, 0.25) is 5.91 Å². The van der Waals surface area contributed by atoms with Crippen LogP contribution in [0.15, 0.2) is 34.1 Å². The molecule has 0 saturated heterocycles. The zero-order valence-electron chi connectivity index (χ0n) is 14.5. The Balaban J connectivity index is 1.96. The normalized spacial score (nSPS) is 11.0. The van der Waals surface area contributed by atoms with Crippen molar-refractivity contribution in [2.75, 3.05) is 5.32 Å². The maximum atomic E-state index is 12.4. The second-order valence-electron chi connectivity index (χ2n) is 6.12. The van der Waals surface area contributed by atoms with Crippen molar-refractivity contribution in [1.82, 2.24) is 18.7 Å². The number of nitrogens with zero attached hydrogens (tertiary/aromatic N) is 4. The minimum absolute atomic E-state index is 0.0721. The Bertz CT molecular complexity index is 1100. The predicted octanol–water partition coefficient (Wildman–Crippen LogP) is 0.689. The maximum Gasteiger partial charge on any atom is 0.332 e. The Morgan fingerprint density at radius 3 is 2.60 bits per heavy atom. The maximum absolute atomic E-state index is 12.4. The van der Waals surface area contributed by atoms with Gasteiger partial charge < -0.3 is 9.88 Å². The first-order valence-corrected chi connectivity index (χ1v) is 7.77. The fourth-order valence-electron chi connectivity index (χ4n) is 2.73. The molecule has 1 amide bonds. The van der Waals surface area contributed by atoms with Crippen molar-refractivity contribution >= 4 is 22.8 Å². The fourth-order valence-corrected chi connectivity index (χ4v) is 2.73. The molecule has 8 nitrogen and oxygen atoms in total. The zero-order chi connectivity index (χ0) is 18.3. The van der Waals surface area contributed by atoms with E-state index in [1.54, 1.807) is 0 Å². The zero-order valence-corrected chi connectivity index (χ0v) is 14.5. The van der Waals surface area contributed by atoms with Crippen LogP contribution in [-0.4, -0.2) is 24.6 Å². The molecular formula is C17H19N5O3. The summed E-state index contributed by atoms with van der Waals surface area (Å²) in [5.41, 5.74) is 2.27. The number of rotatable bonds is 3. The van der Waals surface area contributed by atoms with Crippen LogP contribution in [0, 0.1) is 13.8 Å². The van der Waals surface area contributed by atoms with Crippen LogP contribution in [0.5, 0.6) is 0 Å². The van der Waals surface area contributed by atoms with Gasteiger partial charge in [-0.3, -0.25) is 18.7 Å². The lowest BCUT2D eigenvalue weighted by molar-refractivity contribution is -0.116. The first-order valence-electron chi connectivity index (χ1n) is 7.77. The van der Waals surface area contributed by atoms with Crippen molar-refractivity contribution in [3.05, 3.63) is 56.5 Å². The van der Waals surface area contributed by atoms with Crippen molar-refractivity contribution in [3.8, 4) is 0 Å². The number of amides is 1. The topological polar surface area (TPSA) is 90.9 Å². The predicted molar refractivity (Wildman–Crippen MR) is 94.8 cm³/mol. The molecule has 8 heteroatoms. The van der Waals surface area contributed by atoms with Crippen molar-refractivity contribution in [2.24, 2.45) is 14.1 Å². The van der Waals surface area contributed by atoms with E-state index in [1.807, 2.05) is 32.0 Å². The van der Waals surface area contributed by atoms with E-state index >= 15 is 0 Å². The molecule has 0 radical (unpaired) electrons. The largest absolute Gasteiger partial charge is 0.332 e. The van der Waals surface area contributed by atoms with E-state index in [0.717, 1.165) is 21.4 Å². The van der Waals surface area contributed by atoms with E-state index in [2.05, 4.69) is 10.3 Å². The van der Waals surface area contributed by atoms with E-state index in [-0.39, 0.29) is 23.6 Å². The summed E-state index contributed by atoms with van der Waals surface area (Å²) in [5.74, 6) is -0.274. The van der Waals surface area contributed by atoms with Gasteiger partial charge in [-0.05, 0) is 31.0 Å². The van der Waals surface area contributed by atoms with Crippen LogP contribution < -0.4 is 16.6 Å². The number of fused-ring (bicyclic) bond motifs is 1. The number of hydrogen-bond donors (Lipinski definition) is 1. The number of carbonyl (C=O) groups is 1. The number of carbonyl (C=O) groups excluding carboxylic acids is 1. The minimum atomic E-state index is -0.477. The smallest absolute Gasteiger partial charge is 0.324 e. The van der Waals surface area contributed by atoms with Crippen LogP contribution in [0.2, 0.25) is 0 Å². The number of hydrogen-bond acceptors (Lipinski definition) is 4. The van der Waals surface area contributed by atoms with Gasteiger partial charge in [0.05, 0.1) is 6.33 Å². The van der Waals surface area contributed by atoms with Gasteiger partial charge in [-0.15, -0.1) is 0 Å². The molecular weight excluding hydrogens is 322 g/mol. The Hall–Kier alpha value is -3.16. The number of imidazole rings is 1. The van der Waals surface area contributed by atoms with E-state index in [0.29, 0.717) is 0 Å². The summed E-state index contributed by atoms with van der Waals surface area (Å²) in [6.45, 7) is 3.78. The number of anilines is 1. The third-order valence-electron chi connectivity index (χ3n) is 4.20. The molecule has 3 aromatic rings. The summed E-state index contributed by atoms with van der Waals surface area (Å²) >= 11 is 0. The standard InChI is InChI=1S/C17H19N5O3/c1-10-5-6-11(2)12(7-10)19-13(23)8-22-9-18-15-14(22)16(24)21(4)17(25)20(15)3/h5-7,9H,8H2,1-4H3,(H,19,23). The summed E-state index contributed by atoms with van der Waals surface area (Å²) < 4.78 is 3.75. The monoisotopic (exact) mass is 341 g/mol. The van der Waals surface area contributed by atoms with Crippen LogP contribution in [0.1, 0.15) is 11.1 Å². The molecule has 0 aliphatic rings. The summed E-state index contributed by atoms with van der Waals surface area (Å²) in [4.78, 5) is 40.8. The first kappa shape index (κ1) is 16.7. The molecule has 0 aliphatic heterocycles. The molecule has 0 fully saturated rings. The van der Waals surface area contributed by atoms with Gasteiger partial charge in [-0.2, -0.15) is 0 Å². The van der Waals surface area contributed by atoms with Gasteiger partial charge in [0.25, 0.3) is 5.56 Å². The lowest BCUT2D eigenvalue weighted by Crippen LogP contribution is -2.37. The molecule has 0 saturated carbocycles. The van der Waals surface area contributed by atoms with Gasteiger partial charge in [-0.1, -0.05) is 12.1 Å². The van der Waals surface area contributed by atoms with Gasteiger partial charge in [0.15, 0.2) is 11.2 Å². The molecule has 2 aromatic heterocycles. The Labute approximate surface area is 143 Å². The van der Waals surface area contributed by atoms with Gasteiger partial charge in [0.1, 0.15) is 6.54 Å². The SMILES string of the molecule is Cc1ccc(C)c(NC(=O)Cn2cnc3c2c(=O)n(C)c(=O)n3C)c1. The first-order chi connectivity index (χ1) is 11.8. The van der Waals surface area contributed by atoms with Crippen LogP contribution >= 0.6 is 0 Å². The molecule has 2 heterocycles. The molecule has 0 atom stereocenters. The molecule has 130 valence electrons. The van der Waals surface area contributed by atoms with Crippen LogP contribution in [0.4, 0.5) is 5.69 Å². The van der Waals surface area contributed by atoms with Crippen LogP contribution in [0.25, 0.3) is 11.2 Å². The fraction of sp³-hybridized carbons (Fsp3) is 0.294. The quantitative estimate of drug-likeness (QED) is 0.759. The Morgan fingerprint density at radius 2 is 1.88 bits per heavy atom. The highest BCUT2D eigenvalue weighted by Gasteiger charge is 2.16. The average molecular weight is 341 g/mol. The molecule has 25 heavy (non-hydrogen) atoms. The van der Waals surface area contributed by atoms with Crippen LogP contribution in [0.3, 0.4) is 0 Å². The summed E-state index contributed by atoms with van der Waals surface area (Å²) in [6.07, 6.45) is 1.40. The second-order valence-corrected chi connectivity index (χ2v) is 6.12. The van der Waals surface area contributed by atoms with Crippen LogP contribution in [-0.2, 0) is 25.4 Å². The number of aryl methyl sites for hydroxylation is 3. The highest BCUT2D eigenvalue weighted by Crippen LogP contribution is 2.16. The van der Waals surface area contributed by atoms with Crippen molar-refractivity contribution in [2.45, 2.75) is 20.4 Å². The van der Waals surface area contributed by atoms with E-state index in [4.69, 9.17) is 0 Å². The molecule has 0 unspecified atom stereocenters. The summed E-state index contributed by atoms with van der Waals surface area (Å²) in [6, 6.07) is 5.80. The number of benzene rings is 1. The highest BCUT2D eigenvalue weighted by molar-refractivity contribution is 5.92. The molecule has 0 aliphatic carbocycles. The third-order valence-corrected chi connectivity index (χ3v) is 4.20. The van der Waals surface area contributed by atoms with Crippen molar-refractivity contribution < 1.29 is 4.79 Å². The molecule has 1 N–H and O–H groups in total. The molecule has 0 spiro atoms. The van der Waals surface area contributed by atoms with Gasteiger partial charge in [0, 0.05) is 19.8 Å². The van der Waals surface area contributed by atoms with Gasteiger partial charge >= 0.3 is 5.69 Å². The number of nitrogens with one attached hydrogen (secondary N) is 1. The van der Waals surface area contributed by atoms with E-state index in [9.17, 15) is 14.4 Å². The summed E-state index contributed by atoms with van der Waals surface area (Å²) in [5, 5.41) is 2.85. The second kappa shape index (κ2) is 6.04. The molecule has 0 bridgehead atoms. The Morgan fingerprint density at radius 1 is 1.16 bits per heavy atom.